The van der Waals surface area contributed by atoms with Gasteiger partial charge in [-0.25, -0.2) is 4.79 Å². The number of methoxy groups -OCH3 is 1. The third-order valence-corrected chi connectivity index (χ3v) is 4.66. The summed E-state index contributed by atoms with van der Waals surface area (Å²) in [5.74, 6) is 1.83. The molecule has 1 aromatic carbocycles. The fourth-order valence-electron chi connectivity index (χ4n) is 3.11. The van der Waals surface area contributed by atoms with Gasteiger partial charge in [0.15, 0.2) is 0 Å². The second-order valence-electron chi connectivity index (χ2n) is 6.53. The molecule has 0 unspecified atom stereocenters. The van der Waals surface area contributed by atoms with Crippen molar-refractivity contribution in [2.75, 3.05) is 26.9 Å². The molecular weight excluding hydrogens is 292 g/mol. The molecule has 1 heterocycles. The van der Waals surface area contributed by atoms with Gasteiger partial charge in [0.2, 0.25) is 0 Å². The van der Waals surface area contributed by atoms with Crippen LogP contribution >= 0.6 is 0 Å². The largest absolute Gasteiger partial charge is 0.497 e. The molecule has 0 bridgehead atoms. The van der Waals surface area contributed by atoms with E-state index in [-0.39, 0.29) is 12.1 Å². The summed E-state index contributed by atoms with van der Waals surface area (Å²) in [4.78, 5) is 12.2. The summed E-state index contributed by atoms with van der Waals surface area (Å²) in [6, 6.07) is 7.98. The van der Waals surface area contributed by atoms with E-state index in [1.807, 2.05) is 24.3 Å². The number of ether oxygens (including phenoxy) is 2. The Morgan fingerprint density at radius 1 is 1.30 bits per heavy atom. The summed E-state index contributed by atoms with van der Waals surface area (Å²) in [6.45, 7) is 2.29. The molecule has 23 heavy (non-hydrogen) atoms. The molecule has 5 heteroatoms. The number of carbonyl (C=O) groups excluding carboxylic acids is 1. The quantitative estimate of drug-likeness (QED) is 0.848. The van der Waals surface area contributed by atoms with E-state index >= 15 is 0 Å². The molecule has 0 spiro atoms. The molecule has 2 amide bonds. The summed E-state index contributed by atoms with van der Waals surface area (Å²) in [5, 5.41) is 6.14. The van der Waals surface area contributed by atoms with Crippen molar-refractivity contribution in [1.29, 1.82) is 0 Å². The van der Waals surface area contributed by atoms with Gasteiger partial charge in [-0.1, -0.05) is 12.1 Å². The van der Waals surface area contributed by atoms with Crippen LogP contribution in [0.1, 0.15) is 37.3 Å². The van der Waals surface area contributed by atoms with Gasteiger partial charge in [-0.2, -0.15) is 0 Å². The number of urea groups is 1. The number of benzene rings is 1. The maximum atomic E-state index is 12.2. The van der Waals surface area contributed by atoms with E-state index in [1.165, 1.54) is 12.8 Å². The fraction of sp³-hybridized carbons (Fsp3) is 0.611. The van der Waals surface area contributed by atoms with Gasteiger partial charge in [0.05, 0.1) is 19.8 Å². The van der Waals surface area contributed by atoms with E-state index < -0.39 is 0 Å². The van der Waals surface area contributed by atoms with Gasteiger partial charge < -0.3 is 20.1 Å². The van der Waals surface area contributed by atoms with Gasteiger partial charge in [0, 0.05) is 13.2 Å². The standard InChI is InChI=1S/C18H26N2O3/c1-22-16-8-6-15(7-9-16)17(14-4-5-14)20-18(21)19-11-13-3-2-10-23-12-13/h6-9,13-14,17H,2-5,10-12H2,1H3,(H2,19,20,21)/t13-,17+/m0/s1. The van der Waals surface area contributed by atoms with Crippen LogP contribution in [0.15, 0.2) is 24.3 Å². The third kappa shape index (κ3) is 4.61. The number of rotatable bonds is 6. The molecule has 1 aliphatic heterocycles. The summed E-state index contributed by atoms with van der Waals surface area (Å²) >= 11 is 0. The molecule has 0 radical (unpaired) electrons. The molecule has 2 atom stereocenters. The maximum absolute atomic E-state index is 12.2. The molecule has 0 aromatic heterocycles. The summed E-state index contributed by atoms with van der Waals surface area (Å²) in [7, 11) is 1.66. The lowest BCUT2D eigenvalue weighted by molar-refractivity contribution is 0.0557. The van der Waals surface area contributed by atoms with Crippen LogP contribution in [0.4, 0.5) is 4.79 Å². The number of amides is 2. The van der Waals surface area contributed by atoms with Crippen LogP contribution in [0.3, 0.4) is 0 Å². The highest BCUT2D eigenvalue weighted by Gasteiger charge is 2.33. The lowest BCUT2D eigenvalue weighted by atomic mass is 10.0. The highest BCUT2D eigenvalue weighted by molar-refractivity contribution is 5.74. The van der Waals surface area contributed by atoms with Gasteiger partial charge >= 0.3 is 6.03 Å². The van der Waals surface area contributed by atoms with E-state index in [9.17, 15) is 4.79 Å². The third-order valence-electron chi connectivity index (χ3n) is 4.66. The minimum atomic E-state index is -0.0803. The van der Waals surface area contributed by atoms with E-state index in [0.717, 1.165) is 37.4 Å². The Labute approximate surface area is 137 Å². The van der Waals surface area contributed by atoms with Crippen LogP contribution in [0, 0.1) is 11.8 Å². The van der Waals surface area contributed by atoms with E-state index in [0.29, 0.717) is 18.4 Å². The molecule has 126 valence electrons. The Balaban J connectivity index is 1.52. The van der Waals surface area contributed by atoms with Gasteiger partial charge in [-0.05, 0) is 55.2 Å². The Kier molecular flexibility index (Phi) is 5.39. The highest BCUT2D eigenvalue weighted by Crippen LogP contribution is 2.41. The van der Waals surface area contributed by atoms with E-state index in [4.69, 9.17) is 9.47 Å². The first-order valence-corrected chi connectivity index (χ1v) is 8.52. The summed E-state index contributed by atoms with van der Waals surface area (Å²) in [6.07, 6.45) is 4.57. The van der Waals surface area contributed by atoms with Crippen molar-refractivity contribution < 1.29 is 14.3 Å². The second-order valence-corrected chi connectivity index (χ2v) is 6.53. The predicted molar refractivity (Wildman–Crippen MR) is 88.5 cm³/mol. The van der Waals surface area contributed by atoms with Gasteiger partial charge in [0.1, 0.15) is 5.75 Å². The van der Waals surface area contributed by atoms with Crippen LogP contribution in [-0.2, 0) is 4.74 Å². The Hall–Kier alpha value is -1.75. The molecule has 1 saturated carbocycles. The average molecular weight is 318 g/mol. The number of nitrogens with one attached hydrogen (secondary N) is 2. The maximum Gasteiger partial charge on any atom is 0.315 e. The van der Waals surface area contributed by atoms with Gasteiger partial charge in [-0.3, -0.25) is 0 Å². The van der Waals surface area contributed by atoms with Crippen LogP contribution in [0.5, 0.6) is 5.75 Å². The molecule has 2 N–H and O–H groups in total. The minimum Gasteiger partial charge on any atom is -0.497 e. The van der Waals surface area contributed by atoms with Crippen LogP contribution in [0.25, 0.3) is 0 Å². The number of carbonyl (C=O) groups is 1. The van der Waals surface area contributed by atoms with Crippen molar-refractivity contribution in [3.63, 3.8) is 0 Å². The van der Waals surface area contributed by atoms with Crippen molar-refractivity contribution in [2.24, 2.45) is 11.8 Å². The van der Waals surface area contributed by atoms with Gasteiger partial charge in [-0.15, -0.1) is 0 Å². The highest BCUT2D eigenvalue weighted by atomic mass is 16.5. The number of hydrogen-bond acceptors (Lipinski definition) is 3. The smallest absolute Gasteiger partial charge is 0.315 e. The monoisotopic (exact) mass is 318 g/mol. The molecular formula is C18H26N2O3. The zero-order chi connectivity index (χ0) is 16.1. The van der Waals surface area contributed by atoms with Crippen molar-refractivity contribution in [2.45, 2.75) is 31.7 Å². The molecule has 2 aliphatic rings. The average Bonchev–Trinajstić information content (AvgIpc) is 3.44. The summed E-state index contributed by atoms with van der Waals surface area (Å²) < 4.78 is 10.7. The van der Waals surface area contributed by atoms with Crippen molar-refractivity contribution in [3.8, 4) is 5.75 Å². The molecule has 1 saturated heterocycles. The minimum absolute atomic E-state index is 0.0803. The second kappa shape index (κ2) is 7.68. The normalized spacial score (nSPS) is 22.2. The predicted octanol–water partition coefficient (Wildman–Crippen LogP) is 2.87. The van der Waals surface area contributed by atoms with Crippen molar-refractivity contribution in [1.82, 2.24) is 10.6 Å². The molecule has 1 aliphatic carbocycles. The fourth-order valence-corrected chi connectivity index (χ4v) is 3.11. The lowest BCUT2D eigenvalue weighted by Crippen LogP contribution is -2.42. The number of hydrogen-bond donors (Lipinski definition) is 2. The van der Waals surface area contributed by atoms with Crippen molar-refractivity contribution >= 4 is 6.03 Å². The first-order chi connectivity index (χ1) is 11.3. The lowest BCUT2D eigenvalue weighted by Gasteiger charge is -2.24. The SMILES string of the molecule is COc1ccc([C@H](NC(=O)NC[C@@H]2CCCOC2)C2CC2)cc1. The zero-order valence-electron chi connectivity index (χ0n) is 13.7. The first-order valence-electron chi connectivity index (χ1n) is 8.52. The van der Waals surface area contributed by atoms with Crippen LogP contribution in [0.2, 0.25) is 0 Å². The first kappa shape index (κ1) is 16.1. The Bertz CT molecular complexity index is 508. The zero-order valence-corrected chi connectivity index (χ0v) is 13.7. The molecule has 3 rings (SSSR count). The summed E-state index contributed by atoms with van der Waals surface area (Å²) in [5.41, 5.74) is 1.14. The van der Waals surface area contributed by atoms with Crippen LogP contribution < -0.4 is 15.4 Å². The Morgan fingerprint density at radius 3 is 2.70 bits per heavy atom. The van der Waals surface area contributed by atoms with Crippen LogP contribution in [-0.4, -0.2) is 32.9 Å². The molecule has 5 nitrogen and oxygen atoms in total. The van der Waals surface area contributed by atoms with E-state index in [1.54, 1.807) is 7.11 Å². The molecule has 1 aromatic rings. The van der Waals surface area contributed by atoms with Crippen molar-refractivity contribution in [3.05, 3.63) is 29.8 Å². The topological polar surface area (TPSA) is 59.6 Å². The van der Waals surface area contributed by atoms with Gasteiger partial charge in [0.25, 0.3) is 0 Å². The van der Waals surface area contributed by atoms with E-state index in [2.05, 4.69) is 10.6 Å². The Morgan fingerprint density at radius 2 is 2.09 bits per heavy atom. The molecule has 2 fully saturated rings.